The van der Waals surface area contributed by atoms with Gasteiger partial charge in [-0.15, -0.1) is 12.4 Å². The van der Waals surface area contributed by atoms with Gasteiger partial charge in [0.05, 0.1) is 6.54 Å². The van der Waals surface area contributed by atoms with Crippen LogP contribution >= 0.6 is 12.4 Å². The number of imidazole rings is 1. The van der Waals surface area contributed by atoms with E-state index in [2.05, 4.69) is 56.3 Å². The van der Waals surface area contributed by atoms with E-state index in [0.717, 1.165) is 25.0 Å². The van der Waals surface area contributed by atoms with Gasteiger partial charge in [-0.05, 0) is 31.4 Å². The molecule has 118 valence electrons. The van der Waals surface area contributed by atoms with Crippen molar-refractivity contribution in [3.05, 3.63) is 48.5 Å². The maximum atomic E-state index is 4.58. The lowest BCUT2D eigenvalue weighted by Crippen LogP contribution is -2.35. The number of para-hydroxylation sites is 1. The smallest absolute Gasteiger partial charge is 0.127 e. The Bertz CT molecular complexity index is 598. The van der Waals surface area contributed by atoms with Gasteiger partial charge in [0.2, 0.25) is 0 Å². The van der Waals surface area contributed by atoms with Gasteiger partial charge in [0, 0.05) is 43.3 Å². The molecule has 2 aliphatic rings. The van der Waals surface area contributed by atoms with Crippen LogP contribution in [0.25, 0.3) is 5.69 Å². The van der Waals surface area contributed by atoms with Crippen LogP contribution in [0.5, 0.6) is 0 Å². The number of likely N-dealkylation sites (tertiary alicyclic amines) is 1. The first kappa shape index (κ1) is 15.5. The molecule has 1 aromatic carbocycles. The van der Waals surface area contributed by atoms with Crippen LogP contribution in [0.3, 0.4) is 0 Å². The van der Waals surface area contributed by atoms with E-state index in [4.69, 9.17) is 0 Å². The molecule has 2 saturated heterocycles. The van der Waals surface area contributed by atoms with Crippen molar-refractivity contribution in [3.8, 4) is 5.69 Å². The second-order valence-corrected chi connectivity index (χ2v) is 6.21. The van der Waals surface area contributed by atoms with Gasteiger partial charge in [0.1, 0.15) is 5.82 Å². The molecular formula is C17H23ClN4. The third kappa shape index (κ3) is 3.19. The minimum Gasteiger partial charge on any atom is -0.310 e. The molecule has 3 heterocycles. The van der Waals surface area contributed by atoms with Crippen LogP contribution in [0.1, 0.15) is 25.1 Å². The lowest BCUT2D eigenvalue weighted by atomic mass is 10.1. The van der Waals surface area contributed by atoms with Crippen molar-refractivity contribution in [2.24, 2.45) is 0 Å². The van der Waals surface area contributed by atoms with Gasteiger partial charge in [0.25, 0.3) is 0 Å². The monoisotopic (exact) mass is 318 g/mol. The van der Waals surface area contributed by atoms with E-state index in [9.17, 15) is 0 Å². The van der Waals surface area contributed by atoms with E-state index in [0.29, 0.717) is 6.04 Å². The van der Waals surface area contributed by atoms with Crippen LogP contribution in [-0.2, 0) is 6.54 Å². The fraction of sp³-hybridized carbons (Fsp3) is 0.471. The first-order chi connectivity index (χ1) is 10.4. The summed E-state index contributed by atoms with van der Waals surface area (Å²) >= 11 is 0. The second-order valence-electron chi connectivity index (χ2n) is 6.21. The van der Waals surface area contributed by atoms with E-state index in [1.165, 1.54) is 31.5 Å². The lowest BCUT2D eigenvalue weighted by molar-refractivity contribution is 0.244. The van der Waals surface area contributed by atoms with Gasteiger partial charge in [0.15, 0.2) is 0 Å². The van der Waals surface area contributed by atoms with Gasteiger partial charge in [-0.1, -0.05) is 18.2 Å². The maximum Gasteiger partial charge on any atom is 0.127 e. The van der Waals surface area contributed by atoms with E-state index in [-0.39, 0.29) is 12.4 Å². The van der Waals surface area contributed by atoms with Gasteiger partial charge in [-0.2, -0.15) is 0 Å². The maximum absolute atomic E-state index is 4.58. The summed E-state index contributed by atoms with van der Waals surface area (Å²) in [4.78, 5) is 7.13. The van der Waals surface area contributed by atoms with Crippen molar-refractivity contribution < 1.29 is 0 Å². The highest BCUT2D eigenvalue weighted by Crippen LogP contribution is 2.21. The Morgan fingerprint density at radius 2 is 1.91 bits per heavy atom. The number of benzene rings is 1. The highest BCUT2D eigenvalue weighted by Gasteiger charge is 2.29. The summed E-state index contributed by atoms with van der Waals surface area (Å²) in [6, 6.07) is 11.9. The van der Waals surface area contributed by atoms with Crippen LogP contribution in [0, 0.1) is 0 Å². The Hall–Kier alpha value is -1.36. The summed E-state index contributed by atoms with van der Waals surface area (Å²) in [6.45, 7) is 3.26. The lowest BCUT2D eigenvalue weighted by Gasteiger charge is -2.23. The largest absolute Gasteiger partial charge is 0.310 e. The number of aromatic nitrogens is 2. The molecule has 2 aliphatic heterocycles. The molecule has 5 heteroatoms. The molecule has 2 atom stereocenters. The standard InChI is InChI=1S/C17H22N4.ClH/c1-2-4-16(5-3-1)21-11-9-18-17(21)13-20-10-8-14-6-7-15(12-20)19-14;/h1-5,9,11,14-15,19H,6-8,10,12-13H2;1H. The zero-order valence-corrected chi connectivity index (χ0v) is 13.5. The molecule has 22 heavy (non-hydrogen) atoms. The van der Waals surface area contributed by atoms with Crippen LogP contribution in [0.4, 0.5) is 0 Å². The first-order valence-corrected chi connectivity index (χ1v) is 7.94. The van der Waals surface area contributed by atoms with E-state index in [1.807, 2.05) is 6.20 Å². The molecule has 2 fully saturated rings. The Labute approximate surface area is 137 Å². The molecular weight excluding hydrogens is 296 g/mol. The summed E-state index contributed by atoms with van der Waals surface area (Å²) in [5.41, 5.74) is 1.19. The summed E-state index contributed by atoms with van der Waals surface area (Å²) in [7, 11) is 0. The van der Waals surface area contributed by atoms with E-state index in [1.54, 1.807) is 0 Å². The van der Waals surface area contributed by atoms with Gasteiger partial charge >= 0.3 is 0 Å². The minimum atomic E-state index is 0. The molecule has 4 nitrogen and oxygen atoms in total. The van der Waals surface area contributed by atoms with Crippen LogP contribution < -0.4 is 5.32 Å². The summed E-state index contributed by atoms with van der Waals surface area (Å²) in [6.07, 6.45) is 7.92. The Kier molecular flexibility index (Phi) is 4.81. The van der Waals surface area contributed by atoms with Crippen LogP contribution in [0.2, 0.25) is 0 Å². The zero-order chi connectivity index (χ0) is 14.1. The average Bonchev–Trinajstić information content (AvgIpc) is 3.09. The minimum absolute atomic E-state index is 0. The molecule has 0 spiro atoms. The molecule has 4 rings (SSSR count). The molecule has 2 bridgehead atoms. The zero-order valence-electron chi connectivity index (χ0n) is 12.7. The Morgan fingerprint density at radius 1 is 1.09 bits per heavy atom. The topological polar surface area (TPSA) is 33.1 Å². The number of hydrogen-bond acceptors (Lipinski definition) is 3. The molecule has 0 aliphatic carbocycles. The van der Waals surface area contributed by atoms with Crippen molar-refractivity contribution in [2.45, 2.75) is 37.9 Å². The summed E-state index contributed by atoms with van der Waals surface area (Å²) < 4.78 is 2.20. The molecule has 1 aromatic heterocycles. The Morgan fingerprint density at radius 3 is 2.77 bits per heavy atom. The normalized spacial score (nSPS) is 24.7. The highest BCUT2D eigenvalue weighted by atomic mass is 35.5. The average molecular weight is 319 g/mol. The molecule has 1 N–H and O–H groups in total. The number of halogens is 1. The molecule has 0 amide bonds. The number of fused-ring (bicyclic) bond motifs is 2. The quantitative estimate of drug-likeness (QED) is 0.944. The molecule has 2 unspecified atom stereocenters. The molecule has 2 aromatic rings. The fourth-order valence-corrected chi connectivity index (χ4v) is 3.63. The number of nitrogens with one attached hydrogen (secondary N) is 1. The number of nitrogens with zero attached hydrogens (tertiary/aromatic N) is 3. The van der Waals surface area contributed by atoms with E-state index >= 15 is 0 Å². The van der Waals surface area contributed by atoms with Crippen LogP contribution in [-0.4, -0.2) is 39.6 Å². The fourth-order valence-electron chi connectivity index (χ4n) is 3.63. The second kappa shape index (κ2) is 6.82. The Balaban J connectivity index is 0.00000144. The SMILES string of the molecule is Cl.c1ccc(-n2ccnc2CN2CCC3CCC(C2)N3)cc1. The highest BCUT2D eigenvalue weighted by molar-refractivity contribution is 5.85. The van der Waals surface area contributed by atoms with Crippen molar-refractivity contribution in [1.29, 1.82) is 0 Å². The predicted octanol–water partition coefficient (Wildman–Crippen LogP) is 2.62. The van der Waals surface area contributed by atoms with Crippen LogP contribution in [0.15, 0.2) is 42.7 Å². The summed E-state index contributed by atoms with van der Waals surface area (Å²) in [5.74, 6) is 1.14. The number of rotatable bonds is 3. The molecule has 0 radical (unpaired) electrons. The van der Waals surface area contributed by atoms with Crippen molar-refractivity contribution in [1.82, 2.24) is 19.8 Å². The summed E-state index contributed by atoms with van der Waals surface area (Å²) in [5, 5.41) is 3.74. The van der Waals surface area contributed by atoms with Crippen molar-refractivity contribution in [2.75, 3.05) is 13.1 Å². The van der Waals surface area contributed by atoms with Gasteiger partial charge in [-0.25, -0.2) is 4.98 Å². The predicted molar refractivity (Wildman–Crippen MR) is 90.7 cm³/mol. The van der Waals surface area contributed by atoms with Crippen molar-refractivity contribution in [3.63, 3.8) is 0 Å². The third-order valence-electron chi connectivity index (χ3n) is 4.72. The van der Waals surface area contributed by atoms with Gasteiger partial charge < -0.3 is 9.88 Å². The van der Waals surface area contributed by atoms with Crippen molar-refractivity contribution >= 4 is 12.4 Å². The third-order valence-corrected chi connectivity index (χ3v) is 4.72. The first-order valence-electron chi connectivity index (χ1n) is 7.94. The van der Waals surface area contributed by atoms with E-state index < -0.39 is 0 Å². The number of hydrogen-bond donors (Lipinski definition) is 1. The molecule has 0 saturated carbocycles. The van der Waals surface area contributed by atoms with Gasteiger partial charge in [-0.3, -0.25) is 4.90 Å².